The van der Waals surface area contributed by atoms with Gasteiger partial charge in [0.15, 0.2) is 0 Å². The van der Waals surface area contributed by atoms with Gasteiger partial charge in [0, 0.05) is 6.42 Å². The fraction of sp³-hybridized carbons (Fsp3) is 0.783. The van der Waals surface area contributed by atoms with Crippen LogP contribution < -0.4 is 0 Å². The second-order valence-corrected chi connectivity index (χ2v) is 9.89. The summed E-state index contributed by atoms with van der Waals surface area (Å²) in [7, 11) is 0. The van der Waals surface area contributed by atoms with E-state index in [0.29, 0.717) is 29.1 Å². The van der Waals surface area contributed by atoms with Crippen LogP contribution in [0.15, 0.2) is 23.3 Å². The van der Waals surface area contributed by atoms with Crippen molar-refractivity contribution in [3.8, 4) is 0 Å². The van der Waals surface area contributed by atoms with Gasteiger partial charge < -0.3 is 9.90 Å². The molecule has 4 aliphatic carbocycles. The molecule has 0 spiro atoms. The standard InChI is InChI=1S/C23H34O2/c1-15(10-13-24)19-6-7-20-18-5-4-16-14-17(25)8-11-22(16,2)21(18)9-12-23(19,20)3/h4-5,13,15,17,19-21,25H,6-12,14H2,1-3H3/t15-,17+,19?,20?,21?,22+,23-/m1/s1. The number of aliphatic hydroxyl groups is 1. The summed E-state index contributed by atoms with van der Waals surface area (Å²) in [6.07, 6.45) is 14.6. The Bertz CT molecular complexity index is 618. The first kappa shape index (κ1) is 17.5. The van der Waals surface area contributed by atoms with Crippen LogP contribution in [0.1, 0.15) is 72.1 Å². The molecule has 138 valence electrons. The highest BCUT2D eigenvalue weighted by Crippen LogP contribution is 2.65. The first-order valence-corrected chi connectivity index (χ1v) is 10.4. The Morgan fingerprint density at radius 2 is 1.96 bits per heavy atom. The average Bonchev–Trinajstić information content (AvgIpc) is 2.93. The van der Waals surface area contributed by atoms with Gasteiger partial charge in [-0.05, 0) is 79.4 Å². The van der Waals surface area contributed by atoms with Gasteiger partial charge in [0.1, 0.15) is 6.29 Å². The largest absolute Gasteiger partial charge is 0.393 e. The summed E-state index contributed by atoms with van der Waals surface area (Å²) in [5.41, 5.74) is 3.85. The topological polar surface area (TPSA) is 37.3 Å². The maximum absolute atomic E-state index is 11.1. The first-order valence-electron chi connectivity index (χ1n) is 10.4. The Kier molecular flexibility index (Phi) is 4.26. The van der Waals surface area contributed by atoms with E-state index >= 15 is 0 Å². The molecule has 0 heterocycles. The Morgan fingerprint density at radius 1 is 1.16 bits per heavy atom. The third-order valence-corrected chi connectivity index (χ3v) is 8.77. The predicted octanol–water partition coefficient (Wildman–Crippen LogP) is 5.07. The van der Waals surface area contributed by atoms with Crippen LogP contribution in [0.25, 0.3) is 0 Å². The molecule has 0 aromatic rings. The van der Waals surface area contributed by atoms with E-state index in [-0.39, 0.29) is 11.5 Å². The van der Waals surface area contributed by atoms with Crippen LogP contribution in [-0.4, -0.2) is 17.5 Å². The Hall–Kier alpha value is -0.890. The molecule has 2 heteroatoms. The Morgan fingerprint density at radius 3 is 2.72 bits per heavy atom. The summed E-state index contributed by atoms with van der Waals surface area (Å²) in [6.45, 7) is 7.27. The van der Waals surface area contributed by atoms with Crippen molar-refractivity contribution in [2.24, 2.45) is 34.5 Å². The van der Waals surface area contributed by atoms with Crippen molar-refractivity contribution in [1.29, 1.82) is 0 Å². The molecular formula is C23H34O2. The zero-order valence-corrected chi connectivity index (χ0v) is 16.1. The molecule has 4 aliphatic rings. The third-order valence-electron chi connectivity index (χ3n) is 8.77. The zero-order chi connectivity index (χ0) is 17.8. The van der Waals surface area contributed by atoms with Gasteiger partial charge in [0.05, 0.1) is 6.10 Å². The van der Waals surface area contributed by atoms with Crippen molar-refractivity contribution in [1.82, 2.24) is 0 Å². The van der Waals surface area contributed by atoms with Crippen LogP contribution in [0, 0.1) is 34.5 Å². The molecule has 1 N–H and O–H groups in total. The van der Waals surface area contributed by atoms with Crippen molar-refractivity contribution < 1.29 is 9.90 Å². The lowest BCUT2D eigenvalue weighted by molar-refractivity contribution is -0.109. The van der Waals surface area contributed by atoms with Gasteiger partial charge in [0.2, 0.25) is 0 Å². The number of hydrogen-bond donors (Lipinski definition) is 1. The molecule has 2 nitrogen and oxygen atoms in total. The summed E-state index contributed by atoms with van der Waals surface area (Å²) in [5.74, 6) is 2.58. The monoisotopic (exact) mass is 342 g/mol. The molecular weight excluding hydrogens is 308 g/mol. The molecule has 7 atom stereocenters. The van der Waals surface area contributed by atoms with Gasteiger partial charge in [-0.25, -0.2) is 0 Å². The minimum Gasteiger partial charge on any atom is -0.393 e. The maximum Gasteiger partial charge on any atom is 0.120 e. The fourth-order valence-corrected chi connectivity index (χ4v) is 7.27. The van der Waals surface area contributed by atoms with Crippen LogP contribution >= 0.6 is 0 Å². The Labute approximate surface area is 152 Å². The highest BCUT2D eigenvalue weighted by Gasteiger charge is 2.56. The molecule has 0 amide bonds. The van der Waals surface area contributed by atoms with Gasteiger partial charge in [-0.1, -0.05) is 44.1 Å². The van der Waals surface area contributed by atoms with E-state index in [1.807, 2.05) is 0 Å². The molecule has 0 aromatic heterocycles. The van der Waals surface area contributed by atoms with Gasteiger partial charge in [0.25, 0.3) is 0 Å². The van der Waals surface area contributed by atoms with Crippen molar-refractivity contribution in [3.63, 3.8) is 0 Å². The second kappa shape index (κ2) is 6.08. The smallest absolute Gasteiger partial charge is 0.120 e. The van der Waals surface area contributed by atoms with Crippen LogP contribution in [0.5, 0.6) is 0 Å². The fourth-order valence-electron chi connectivity index (χ4n) is 7.27. The highest BCUT2D eigenvalue weighted by atomic mass is 16.3. The molecule has 4 rings (SSSR count). The second-order valence-electron chi connectivity index (χ2n) is 9.89. The number of carbonyl (C=O) groups excluding carboxylic acids is 1. The van der Waals surface area contributed by atoms with Crippen LogP contribution in [-0.2, 0) is 4.79 Å². The summed E-state index contributed by atoms with van der Waals surface area (Å²) >= 11 is 0. The van der Waals surface area contributed by atoms with E-state index in [1.54, 1.807) is 5.57 Å². The lowest BCUT2D eigenvalue weighted by atomic mass is 9.50. The van der Waals surface area contributed by atoms with Crippen molar-refractivity contribution in [2.45, 2.75) is 78.2 Å². The van der Waals surface area contributed by atoms with E-state index in [9.17, 15) is 9.90 Å². The van der Waals surface area contributed by atoms with Crippen molar-refractivity contribution in [3.05, 3.63) is 23.3 Å². The molecule has 25 heavy (non-hydrogen) atoms. The minimum atomic E-state index is -0.136. The summed E-state index contributed by atoms with van der Waals surface area (Å²) in [6, 6.07) is 0. The van der Waals surface area contributed by atoms with Crippen LogP contribution in [0.4, 0.5) is 0 Å². The first-order chi connectivity index (χ1) is 11.9. The number of aliphatic hydroxyl groups excluding tert-OH is 1. The van der Waals surface area contributed by atoms with Gasteiger partial charge >= 0.3 is 0 Å². The van der Waals surface area contributed by atoms with Gasteiger partial charge in [-0.2, -0.15) is 0 Å². The zero-order valence-electron chi connectivity index (χ0n) is 16.1. The van der Waals surface area contributed by atoms with E-state index in [2.05, 4.69) is 32.9 Å². The number of hydrogen-bond acceptors (Lipinski definition) is 2. The normalized spacial score (nSPS) is 47.0. The van der Waals surface area contributed by atoms with Gasteiger partial charge in [-0.15, -0.1) is 0 Å². The molecule has 3 fully saturated rings. The predicted molar refractivity (Wildman–Crippen MR) is 101 cm³/mol. The molecule has 0 saturated heterocycles. The number of fused-ring (bicyclic) bond motifs is 5. The summed E-state index contributed by atoms with van der Waals surface area (Å²) in [4.78, 5) is 11.1. The molecule has 0 bridgehead atoms. The number of carbonyl (C=O) groups is 1. The maximum atomic E-state index is 11.1. The van der Waals surface area contributed by atoms with E-state index in [4.69, 9.17) is 0 Å². The number of allylic oxidation sites excluding steroid dienone is 3. The van der Waals surface area contributed by atoms with E-state index in [0.717, 1.165) is 32.0 Å². The van der Waals surface area contributed by atoms with E-state index in [1.165, 1.54) is 31.3 Å². The SMILES string of the molecule is C[C@H](CC=O)C1CCC2C3=CC=C4C[C@@H](O)CC[C@]4(C)C3CC[C@@]21C. The summed E-state index contributed by atoms with van der Waals surface area (Å²) in [5, 5.41) is 10.1. The summed E-state index contributed by atoms with van der Waals surface area (Å²) < 4.78 is 0. The molecule has 0 aliphatic heterocycles. The quantitative estimate of drug-likeness (QED) is 0.727. The number of rotatable bonds is 3. The van der Waals surface area contributed by atoms with Gasteiger partial charge in [-0.3, -0.25) is 0 Å². The lowest BCUT2D eigenvalue weighted by Crippen LogP contribution is -2.46. The van der Waals surface area contributed by atoms with Crippen molar-refractivity contribution in [2.75, 3.05) is 0 Å². The highest BCUT2D eigenvalue weighted by molar-refractivity contribution is 5.49. The average molecular weight is 343 g/mol. The number of aldehydes is 1. The molecule has 3 unspecified atom stereocenters. The lowest BCUT2D eigenvalue weighted by Gasteiger charge is -2.55. The van der Waals surface area contributed by atoms with Crippen LogP contribution in [0.3, 0.4) is 0 Å². The third kappa shape index (κ3) is 2.51. The molecule has 0 aromatic carbocycles. The Balaban J connectivity index is 1.66. The van der Waals surface area contributed by atoms with E-state index < -0.39 is 0 Å². The van der Waals surface area contributed by atoms with Crippen LogP contribution in [0.2, 0.25) is 0 Å². The molecule has 0 radical (unpaired) electrons. The molecule has 3 saturated carbocycles. The minimum absolute atomic E-state index is 0.136. The van der Waals surface area contributed by atoms with Crippen molar-refractivity contribution >= 4 is 6.29 Å².